The van der Waals surface area contributed by atoms with E-state index in [1.54, 1.807) is 11.8 Å². The Morgan fingerprint density at radius 2 is 1.55 bits per heavy atom. The fourth-order valence-corrected chi connectivity index (χ4v) is 4.41. The zero-order valence-corrected chi connectivity index (χ0v) is 19.7. The molecular weight excluding hydrogens is 412 g/mol. The van der Waals surface area contributed by atoms with E-state index >= 15 is 0 Å². The number of ether oxygens (including phenoxy) is 1. The highest BCUT2D eigenvalue weighted by Gasteiger charge is 2.38. The number of benzene rings is 3. The fourth-order valence-electron chi connectivity index (χ4n) is 4.41. The number of amides is 2. The first kappa shape index (κ1) is 22.6. The molecule has 2 amide bonds. The van der Waals surface area contributed by atoms with Crippen molar-refractivity contribution in [3.05, 3.63) is 83.4 Å². The zero-order chi connectivity index (χ0) is 23.5. The normalized spacial score (nSPS) is 15.2. The summed E-state index contributed by atoms with van der Waals surface area (Å²) in [5, 5.41) is 0. The van der Waals surface area contributed by atoms with Gasteiger partial charge in [-0.25, -0.2) is 4.79 Å². The van der Waals surface area contributed by atoms with Crippen LogP contribution in [-0.4, -0.2) is 31.2 Å². The third-order valence-electron chi connectivity index (χ3n) is 6.32. The number of aryl methyl sites for hydroxylation is 2. The molecule has 5 nitrogen and oxygen atoms in total. The summed E-state index contributed by atoms with van der Waals surface area (Å²) in [5.41, 5.74) is 6.14. The van der Waals surface area contributed by atoms with Gasteiger partial charge >= 0.3 is 6.09 Å². The fraction of sp³-hybridized carbons (Fsp3) is 0.286. The Morgan fingerprint density at radius 3 is 2.21 bits per heavy atom. The molecule has 1 heterocycles. The van der Waals surface area contributed by atoms with Gasteiger partial charge in [0.1, 0.15) is 0 Å². The van der Waals surface area contributed by atoms with E-state index in [4.69, 9.17) is 4.74 Å². The molecule has 5 heteroatoms. The van der Waals surface area contributed by atoms with Gasteiger partial charge in [-0.15, -0.1) is 0 Å². The van der Waals surface area contributed by atoms with E-state index in [9.17, 15) is 9.59 Å². The van der Waals surface area contributed by atoms with Crippen molar-refractivity contribution in [1.29, 1.82) is 0 Å². The predicted octanol–water partition coefficient (Wildman–Crippen LogP) is 6.37. The van der Waals surface area contributed by atoms with Crippen LogP contribution in [0, 0.1) is 13.8 Å². The van der Waals surface area contributed by atoms with Gasteiger partial charge in [0.15, 0.2) is 0 Å². The van der Waals surface area contributed by atoms with Crippen LogP contribution in [0.25, 0.3) is 11.1 Å². The minimum Gasteiger partial charge on any atom is -0.449 e. The molecule has 1 atom stereocenters. The topological polar surface area (TPSA) is 49.9 Å². The van der Waals surface area contributed by atoms with Gasteiger partial charge in [-0.1, -0.05) is 55.5 Å². The van der Waals surface area contributed by atoms with Crippen molar-refractivity contribution < 1.29 is 14.3 Å². The molecular formula is C28H30N2O3. The Hall–Kier alpha value is -3.60. The quantitative estimate of drug-likeness (QED) is 0.472. The second kappa shape index (κ2) is 9.49. The van der Waals surface area contributed by atoms with E-state index in [1.165, 1.54) is 0 Å². The molecule has 0 aliphatic carbocycles. The molecule has 0 aromatic heterocycles. The predicted molar refractivity (Wildman–Crippen MR) is 133 cm³/mol. The molecule has 1 aliphatic heterocycles. The van der Waals surface area contributed by atoms with Gasteiger partial charge in [-0.2, -0.15) is 0 Å². The molecule has 0 spiro atoms. The number of carbonyl (C=O) groups excluding carboxylic acids is 2. The van der Waals surface area contributed by atoms with Crippen LogP contribution in [0.2, 0.25) is 0 Å². The van der Waals surface area contributed by atoms with Gasteiger partial charge in [0.05, 0.1) is 24.0 Å². The van der Waals surface area contributed by atoms with Crippen LogP contribution in [0.5, 0.6) is 0 Å². The van der Waals surface area contributed by atoms with Crippen molar-refractivity contribution in [2.24, 2.45) is 0 Å². The van der Waals surface area contributed by atoms with Crippen LogP contribution < -0.4 is 9.80 Å². The lowest BCUT2D eigenvalue weighted by Crippen LogP contribution is -2.53. The third kappa shape index (κ3) is 4.23. The monoisotopic (exact) mass is 442 g/mol. The van der Waals surface area contributed by atoms with Gasteiger partial charge < -0.3 is 9.64 Å². The first-order chi connectivity index (χ1) is 16.0. The maximum Gasteiger partial charge on any atom is 0.414 e. The number of anilines is 2. The molecule has 33 heavy (non-hydrogen) atoms. The van der Waals surface area contributed by atoms with E-state index in [0.717, 1.165) is 33.6 Å². The molecule has 0 saturated heterocycles. The standard InChI is InChI=1S/C28H30N2O3/c1-5-22-18-29(25-16-19(3)20(4)17-26(25)30(22)28(32)33-6-2)27(31)24-15-11-10-14-23(24)21-12-8-7-9-13-21/h7-17,22H,5-6,18H2,1-4H3. The maximum atomic E-state index is 14.0. The van der Waals surface area contributed by atoms with Crippen LogP contribution in [0.15, 0.2) is 66.7 Å². The highest BCUT2D eigenvalue weighted by molar-refractivity contribution is 6.13. The highest BCUT2D eigenvalue weighted by atomic mass is 16.6. The van der Waals surface area contributed by atoms with Crippen LogP contribution >= 0.6 is 0 Å². The molecule has 0 radical (unpaired) electrons. The summed E-state index contributed by atoms with van der Waals surface area (Å²) < 4.78 is 5.38. The summed E-state index contributed by atoms with van der Waals surface area (Å²) >= 11 is 0. The largest absolute Gasteiger partial charge is 0.449 e. The molecule has 0 saturated carbocycles. The van der Waals surface area contributed by atoms with Crippen molar-refractivity contribution in [3.8, 4) is 11.1 Å². The summed E-state index contributed by atoms with van der Waals surface area (Å²) in [6, 6.07) is 21.5. The molecule has 4 rings (SSSR count). The first-order valence-corrected chi connectivity index (χ1v) is 11.5. The summed E-state index contributed by atoms with van der Waals surface area (Å²) in [5.74, 6) is -0.0686. The summed E-state index contributed by atoms with van der Waals surface area (Å²) in [6.45, 7) is 8.60. The molecule has 1 unspecified atom stereocenters. The molecule has 3 aromatic rings. The Kier molecular flexibility index (Phi) is 6.50. The summed E-state index contributed by atoms with van der Waals surface area (Å²) in [6.07, 6.45) is 0.334. The highest BCUT2D eigenvalue weighted by Crippen LogP contribution is 2.40. The number of fused-ring (bicyclic) bond motifs is 1. The number of nitrogens with zero attached hydrogens (tertiary/aromatic N) is 2. The van der Waals surface area contributed by atoms with E-state index in [-0.39, 0.29) is 18.0 Å². The zero-order valence-electron chi connectivity index (χ0n) is 19.7. The molecule has 0 N–H and O–H groups in total. The van der Waals surface area contributed by atoms with E-state index in [2.05, 4.69) is 0 Å². The van der Waals surface area contributed by atoms with E-state index < -0.39 is 0 Å². The number of carbonyl (C=O) groups is 2. The Morgan fingerprint density at radius 1 is 0.909 bits per heavy atom. The van der Waals surface area contributed by atoms with E-state index in [0.29, 0.717) is 25.1 Å². The molecule has 170 valence electrons. The van der Waals surface area contributed by atoms with E-state index in [1.807, 2.05) is 92.4 Å². The van der Waals surface area contributed by atoms with Gasteiger partial charge in [0, 0.05) is 12.1 Å². The van der Waals surface area contributed by atoms with Crippen LogP contribution in [-0.2, 0) is 4.74 Å². The molecule has 0 fully saturated rings. The first-order valence-electron chi connectivity index (χ1n) is 11.5. The Balaban J connectivity index is 1.84. The van der Waals surface area contributed by atoms with Crippen LogP contribution in [0.1, 0.15) is 41.8 Å². The number of hydrogen-bond acceptors (Lipinski definition) is 3. The number of rotatable bonds is 4. The summed E-state index contributed by atoms with van der Waals surface area (Å²) in [4.78, 5) is 30.5. The SMILES string of the molecule is CCOC(=O)N1c2cc(C)c(C)cc2N(C(=O)c2ccccc2-c2ccccc2)CC1CC. The lowest BCUT2D eigenvalue weighted by Gasteiger charge is -2.42. The van der Waals surface area contributed by atoms with Gasteiger partial charge in [-0.05, 0) is 67.6 Å². The Bertz CT molecular complexity index is 1170. The third-order valence-corrected chi connectivity index (χ3v) is 6.32. The maximum absolute atomic E-state index is 14.0. The minimum atomic E-state index is -0.370. The average Bonchev–Trinajstić information content (AvgIpc) is 2.84. The minimum absolute atomic E-state index is 0.0686. The number of hydrogen-bond donors (Lipinski definition) is 0. The molecule has 0 bridgehead atoms. The van der Waals surface area contributed by atoms with Gasteiger partial charge in [-0.3, -0.25) is 9.69 Å². The second-order valence-electron chi connectivity index (χ2n) is 8.38. The smallest absolute Gasteiger partial charge is 0.414 e. The Labute approximate surface area is 195 Å². The van der Waals surface area contributed by atoms with Gasteiger partial charge in [0.25, 0.3) is 5.91 Å². The lowest BCUT2D eigenvalue weighted by atomic mass is 9.96. The van der Waals surface area contributed by atoms with Crippen molar-refractivity contribution in [1.82, 2.24) is 0 Å². The van der Waals surface area contributed by atoms with Crippen LogP contribution in [0.3, 0.4) is 0 Å². The summed E-state index contributed by atoms with van der Waals surface area (Å²) in [7, 11) is 0. The van der Waals surface area contributed by atoms with Crippen LogP contribution in [0.4, 0.5) is 16.2 Å². The van der Waals surface area contributed by atoms with Crippen molar-refractivity contribution in [2.75, 3.05) is 23.0 Å². The lowest BCUT2D eigenvalue weighted by molar-refractivity contribution is 0.0982. The molecule has 3 aromatic carbocycles. The van der Waals surface area contributed by atoms with Crippen molar-refractivity contribution >= 4 is 23.4 Å². The van der Waals surface area contributed by atoms with Crippen molar-refractivity contribution in [2.45, 2.75) is 40.2 Å². The molecule has 1 aliphatic rings. The van der Waals surface area contributed by atoms with Crippen molar-refractivity contribution in [3.63, 3.8) is 0 Å². The van der Waals surface area contributed by atoms with Gasteiger partial charge in [0.2, 0.25) is 0 Å². The second-order valence-corrected chi connectivity index (χ2v) is 8.38. The average molecular weight is 443 g/mol.